The molecule has 2 unspecified atom stereocenters. The van der Waals surface area contributed by atoms with Gasteiger partial charge in [-0.3, -0.25) is 4.79 Å². The van der Waals surface area contributed by atoms with Crippen LogP contribution in [0, 0.1) is 5.92 Å². The SMILES string of the molecule is CC(C)NCC1(F)CCC(C(=O)O)C1. The smallest absolute Gasteiger partial charge is 0.306 e. The summed E-state index contributed by atoms with van der Waals surface area (Å²) in [6, 6.07) is 0.242. The molecule has 2 N–H and O–H groups in total. The van der Waals surface area contributed by atoms with Gasteiger partial charge in [0, 0.05) is 12.6 Å². The number of carboxylic acids is 1. The Balaban J connectivity index is 2.41. The molecule has 0 spiro atoms. The molecule has 1 fully saturated rings. The van der Waals surface area contributed by atoms with Crippen molar-refractivity contribution in [3.05, 3.63) is 0 Å². The fraction of sp³-hybridized carbons (Fsp3) is 0.900. The molecule has 0 aromatic carbocycles. The summed E-state index contributed by atoms with van der Waals surface area (Å²) in [5, 5.41) is 11.8. The molecule has 0 amide bonds. The Morgan fingerprint density at radius 2 is 2.36 bits per heavy atom. The van der Waals surface area contributed by atoms with E-state index in [-0.39, 0.29) is 19.0 Å². The highest BCUT2D eigenvalue weighted by molar-refractivity contribution is 5.70. The molecule has 0 aromatic rings. The Labute approximate surface area is 83.7 Å². The topological polar surface area (TPSA) is 49.3 Å². The fourth-order valence-corrected chi connectivity index (χ4v) is 1.84. The van der Waals surface area contributed by atoms with Crippen molar-refractivity contribution in [1.29, 1.82) is 0 Å². The zero-order chi connectivity index (χ0) is 10.8. The third-order valence-corrected chi connectivity index (χ3v) is 2.73. The van der Waals surface area contributed by atoms with Crippen molar-refractivity contribution in [3.8, 4) is 0 Å². The number of nitrogens with one attached hydrogen (secondary N) is 1. The Morgan fingerprint density at radius 3 is 2.79 bits per heavy atom. The highest BCUT2D eigenvalue weighted by atomic mass is 19.1. The average molecular weight is 203 g/mol. The second-order valence-electron chi connectivity index (χ2n) is 4.46. The molecule has 82 valence electrons. The van der Waals surface area contributed by atoms with Crippen molar-refractivity contribution >= 4 is 5.97 Å². The quantitative estimate of drug-likeness (QED) is 0.729. The van der Waals surface area contributed by atoms with E-state index in [0.717, 1.165) is 0 Å². The van der Waals surface area contributed by atoms with Crippen LogP contribution in [0.2, 0.25) is 0 Å². The number of hydrogen-bond acceptors (Lipinski definition) is 2. The number of carboxylic acid groups (broad SMARTS) is 1. The first-order valence-corrected chi connectivity index (χ1v) is 5.08. The van der Waals surface area contributed by atoms with Crippen LogP contribution in [0.4, 0.5) is 4.39 Å². The molecule has 0 radical (unpaired) electrons. The first-order chi connectivity index (χ1) is 6.43. The monoisotopic (exact) mass is 203 g/mol. The minimum Gasteiger partial charge on any atom is -0.481 e. The van der Waals surface area contributed by atoms with Gasteiger partial charge in [-0.1, -0.05) is 13.8 Å². The summed E-state index contributed by atoms with van der Waals surface area (Å²) in [4.78, 5) is 10.6. The van der Waals surface area contributed by atoms with E-state index in [1.54, 1.807) is 0 Å². The molecular formula is C10H18FNO2. The van der Waals surface area contributed by atoms with Crippen molar-refractivity contribution < 1.29 is 14.3 Å². The Kier molecular flexibility index (Phi) is 3.48. The summed E-state index contributed by atoms with van der Waals surface area (Å²) < 4.78 is 14.0. The van der Waals surface area contributed by atoms with E-state index in [0.29, 0.717) is 12.8 Å². The van der Waals surface area contributed by atoms with Gasteiger partial charge in [-0.25, -0.2) is 4.39 Å². The normalized spacial score (nSPS) is 32.4. The van der Waals surface area contributed by atoms with Gasteiger partial charge < -0.3 is 10.4 Å². The molecule has 14 heavy (non-hydrogen) atoms. The molecule has 1 rings (SSSR count). The predicted octanol–water partition coefficient (Wildman–Crippen LogP) is 1.58. The third-order valence-electron chi connectivity index (χ3n) is 2.73. The molecule has 0 heterocycles. The summed E-state index contributed by atoms with van der Waals surface area (Å²) >= 11 is 0. The second kappa shape index (κ2) is 4.26. The van der Waals surface area contributed by atoms with E-state index >= 15 is 0 Å². The Bertz CT molecular complexity index is 220. The van der Waals surface area contributed by atoms with Crippen LogP contribution in [0.1, 0.15) is 33.1 Å². The molecule has 3 nitrogen and oxygen atoms in total. The molecule has 2 atom stereocenters. The summed E-state index contributed by atoms with van der Waals surface area (Å²) in [5.74, 6) is -1.36. The fourth-order valence-electron chi connectivity index (χ4n) is 1.84. The third kappa shape index (κ3) is 2.94. The minimum absolute atomic E-state index is 0.155. The van der Waals surface area contributed by atoms with E-state index in [9.17, 15) is 9.18 Å². The lowest BCUT2D eigenvalue weighted by molar-refractivity contribution is -0.141. The van der Waals surface area contributed by atoms with E-state index < -0.39 is 17.6 Å². The lowest BCUT2D eigenvalue weighted by Gasteiger charge is -2.21. The van der Waals surface area contributed by atoms with Crippen molar-refractivity contribution in [2.24, 2.45) is 5.92 Å². The highest BCUT2D eigenvalue weighted by Crippen LogP contribution is 2.37. The van der Waals surface area contributed by atoms with Gasteiger partial charge >= 0.3 is 5.97 Å². The van der Waals surface area contributed by atoms with Crippen LogP contribution in [0.25, 0.3) is 0 Å². The van der Waals surface area contributed by atoms with Gasteiger partial charge in [0.15, 0.2) is 0 Å². The number of hydrogen-bond donors (Lipinski definition) is 2. The summed E-state index contributed by atoms with van der Waals surface area (Å²) in [6.07, 6.45) is 0.983. The van der Waals surface area contributed by atoms with E-state index in [4.69, 9.17) is 5.11 Å². The molecule has 1 aliphatic rings. The molecule has 4 heteroatoms. The molecule has 0 aliphatic heterocycles. The van der Waals surface area contributed by atoms with Gasteiger partial charge in [0.25, 0.3) is 0 Å². The molecule has 0 aromatic heterocycles. The van der Waals surface area contributed by atoms with Crippen molar-refractivity contribution in [3.63, 3.8) is 0 Å². The van der Waals surface area contributed by atoms with E-state index in [2.05, 4.69) is 5.32 Å². The number of rotatable bonds is 4. The van der Waals surface area contributed by atoms with Crippen LogP contribution < -0.4 is 5.32 Å². The molecular weight excluding hydrogens is 185 g/mol. The van der Waals surface area contributed by atoms with Crippen molar-refractivity contribution in [1.82, 2.24) is 5.32 Å². The number of carbonyl (C=O) groups is 1. The van der Waals surface area contributed by atoms with Crippen LogP contribution in [0.15, 0.2) is 0 Å². The zero-order valence-electron chi connectivity index (χ0n) is 8.72. The zero-order valence-corrected chi connectivity index (χ0v) is 8.72. The van der Waals surface area contributed by atoms with E-state index in [1.165, 1.54) is 0 Å². The standard InChI is InChI=1S/C10H18FNO2/c1-7(2)12-6-10(11)4-3-8(5-10)9(13)14/h7-8,12H,3-6H2,1-2H3,(H,13,14). The molecule has 0 saturated heterocycles. The predicted molar refractivity (Wildman–Crippen MR) is 52.0 cm³/mol. The molecule has 1 saturated carbocycles. The maximum Gasteiger partial charge on any atom is 0.306 e. The molecule has 1 aliphatic carbocycles. The first kappa shape index (κ1) is 11.4. The van der Waals surface area contributed by atoms with Crippen LogP contribution in [-0.2, 0) is 4.79 Å². The van der Waals surface area contributed by atoms with Gasteiger partial charge in [-0.15, -0.1) is 0 Å². The summed E-state index contributed by atoms with van der Waals surface area (Å²) in [5.41, 5.74) is -1.31. The van der Waals surface area contributed by atoms with Gasteiger partial charge in [-0.2, -0.15) is 0 Å². The minimum atomic E-state index is -1.31. The van der Waals surface area contributed by atoms with E-state index in [1.807, 2.05) is 13.8 Å². The number of alkyl halides is 1. The Hall–Kier alpha value is -0.640. The van der Waals surface area contributed by atoms with Crippen LogP contribution in [0.3, 0.4) is 0 Å². The summed E-state index contributed by atoms with van der Waals surface area (Å²) in [6.45, 7) is 4.18. The maximum atomic E-state index is 14.0. The van der Waals surface area contributed by atoms with Gasteiger partial charge in [0.05, 0.1) is 5.92 Å². The van der Waals surface area contributed by atoms with Gasteiger partial charge in [-0.05, 0) is 19.3 Å². The first-order valence-electron chi connectivity index (χ1n) is 5.08. The number of halogens is 1. The highest BCUT2D eigenvalue weighted by Gasteiger charge is 2.42. The summed E-state index contributed by atoms with van der Waals surface area (Å²) in [7, 11) is 0. The lowest BCUT2D eigenvalue weighted by atomic mass is 10.0. The van der Waals surface area contributed by atoms with Crippen LogP contribution in [0.5, 0.6) is 0 Å². The number of aliphatic carboxylic acids is 1. The van der Waals surface area contributed by atoms with Gasteiger partial charge in [0.2, 0.25) is 0 Å². The maximum absolute atomic E-state index is 14.0. The lowest BCUT2D eigenvalue weighted by Crippen LogP contribution is -2.38. The molecule has 0 bridgehead atoms. The largest absolute Gasteiger partial charge is 0.481 e. The van der Waals surface area contributed by atoms with Crippen molar-refractivity contribution in [2.75, 3.05) is 6.54 Å². The Morgan fingerprint density at radius 1 is 1.71 bits per heavy atom. The van der Waals surface area contributed by atoms with Gasteiger partial charge in [0.1, 0.15) is 5.67 Å². The second-order valence-corrected chi connectivity index (χ2v) is 4.46. The van der Waals surface area contributed by atoms with Crippen LogP contribution >= 0.6 is 0 Å². The average Bonchev–Trinajstić information content (AvgIpc) is 2.46. The van der Waals surface area contributed by atoms with Crippen molar-refractivity contribution in [2.45, 2.75) is 44.8 Å². The van der Waals surface area contributed by atoms with Crippen LogP contribution in [-0.4, -0.2) is 29.3 Å².